The molecule has 0 amide bonds. The second-order valence-electron chi connectivity index (χ2n) is 15.2. The van der Waals surface area contributed by atoms with Gasteiger partial charge in [-0.1, -0.05) is 53.2 Å². The summed E-state index contributed by atoms with van der Waals surface area (Å²) in [6.07, 6.45) is 9.39. The van der Waals surface area contributed by atoms with Crippen molar-refractivity contribution in [2.24, 2.45) is 50.2 Å². The van der Waals surface area contributed by atoms with Gasteiger partial charge in [-0.15, -0.1) is 0 Å². The molecule has 1 N–H and O–H groups in total. The lowest BCUT2D eigenvalue weighted by Crippen LogP contribution is -2.66. The number of carbonyl (C=O) groups excluding carboxylic acids is 2. The van der Waals surface area contributed by atoms with Crippen LogP contribution in [0.25, 0.3) is 0 Å². The molecule has 6 nitrogen and oxygen atoms in total. The van der Waals surface area contributed by atoms with E-state index in [0.717, 1.165) is 31.3 Å². The van der Waals surface area contributed by atoms with Crippen LogP contribution in [0.4, 0.5) is 0 Å². The average molecular weight is 536 g/mol. The molecule has 5 rings (SSSR count). The smallest absolute Gasteiger partial charge is 0.309 e. The first-order valence-electron chi connectivity index (χ1n) is 14.7. The fraction of sp³-hybridized carbons (Fsp3) is 0.758. The van der Waals surface area contributed by atoms with E-state index in [1.807, 2.05) is 19.1 Å². The Kier molecular flexibility index (Phi) is 6.25. The zero-order chi connectivity index (χ0) is 28.8. The van der Waals surface area contributed by atoms with Crippen LogP contribution in [0.5, 0.6) is 0 Å². The topological polar surface area (TPSA) is 104 Å². The number of hydrogen-bond donors (Lipinski definition) is 1. The number of hydrogen-bond acceptors (Lipinski definition) is 5. The van der Waals surface area contributed by atoms with Crippen molar-refractivity contribution in [1.82, 2.24) is 0 Å². The van der Waals surface area contributed by atoms with E-state index in [9.17, 15) is 24.8 Å². The summed E-state index contributed by atoms with van der Waals surface area (Å²) in [5.41, 5.74) is -1.75. The predicted molar refractivity (Wildman–Crippen MR) is 147 cm³/mol. The van der Waals surface area contributed by atoms with Crippen LogP contribution >= 0.6 is 0 Å². The first kappa shape index (κ1) is 28.3. The number of ether oxygens (including phenoxy) is 1. The van der Waals surface area contributed by atoms with Crippen molar-refractivity contribution in [3.05, 3.63) is 23.3 Å². The summed E-state index contributed by atoms with van der Waals surface area (Å²) in [4.78, 5) is 40.8. The van der Waals surface area contributed by atoms with Gasteiger partial charge in [-0.2, -0.15) is 5.26 Å². The van der Waals surface area contributed by atoms with Crippen LogP contribution in [-0.2, 0) is 19.1 Å². The molecular weight excluding hydrogens is 490 g/mol. The minimum absolute atomic E-state index is 0.00594. The summed E-state index contributed by atoms with van der Waals surface area (Å²) < 4.78 is 5.39. The van der Waals surface area contributed by atoms with E-state index in [0.29, 0.717) is 32.3 Å². The molecule has 6 heteroatoms. The Balaban J connectivity index is 1.69. The molecule has 5 aliphatic carbocycles. The quantitative estimate of drug-likeness (QED) is 0.452. The van der Waals surface area contributed by atoms with E-state index in [4.69, 9.17) is 4.74 Å². The van der Waals surface area contributed by atoms with Crippen molar-refractivity contribution >= 4 is 17.5 Å². The fourth-order valence-corrected chi connectivity index (χ4v) is 10.4. The van der Waals surface area contributed by atoms with Gasteiger partial charge in [0.2, 0.25) is 0 Å². The van der Waals surface area contributed by atoms with Gasteiger partial charge in [0, 0.05) is 30.5 Å². The molecule has 0 aromatic carbocycles. The molecule has 0 bridgehead atoms. The van der Waals surface area contributed by atoms with Crippen molar-refractivity contribution in [2.45, 2.75) is 92.9 Å². The van der Waals surface area contributed by atoms with Crippen LogP contribution in [-0.4, -0.2) is 36.4 Å². The first-order chi connectivity index (χ1) is 18.1. The molecule has 0 radical (unpaired) electrons. The minimum atomic E-state index is -0.845. The van der Waals surface area contributed by atoms with Gasteiger partial charge in [0.1, 0.15) is 6.07 Å². The van der Waals surface area contributed by atoms with Crippen LogP contribution in [0.15, 0.2) is 23.3 Å². The lowest BCUT2D eigenvalue weighted by molar-refractivity contribution is -0.188. The Morgan fingerprint density at radius 2 is 1.74 bits per heavy atom. The maximum Gasteiger partial charge on any atom is 0.309 e. The highest BCUT2D eigenvalue weighted by molar-refractivity contribution is 6.05. The minimum Gasteiger partial charge on any atom is -0.481 e. The number of methoxy groups -OCH3 is 1. The van der Waals surface area contributed by atoms with Gasteiger partial charge in [0.05, 0.1) is 11.0 Å². The van der Waals surface area contributed by atoms with Gasteiger partial charge < -0.3 is 9.84 Å². The number of Topliss-reactive ketones (excluding diaryl/α,β-unsaturated/α-hetero) is 1. The van der Waals surface area contributed by atoms with Crippen molar-refractivity contribution in [3.8, 4) is 6.07 Å². The summed E-state index contributed by atoms with van der Waals surface area (Å²) in [5, 5.41) is 20.6. The van der Waals surface area contributed by atoms with Gasteiger partial charge in [-0.05, 0) is 85.5 Å². The summed E-state index contributed by atoms with van der Waals surface area (Å²) in [6.45, 7) is 13.5. The van der Waals surface area contributed by atoms with Gasteiger partial charge in [-0.3, -0.25) is 14.4 Å². The molecule has 0 spiro atoms. The SMILES string of the molecule is COCC[C@]1(C)C(=O)C(C#N)=C[C@]2(C)C3=CC(=O)[C@@H]4[C@@H]5CC(C)(C)CC[C@]5(C(=O)O)CC[C@@]4(C)[C@]3(C)CC[C@H]21. The number of nitriles is 1. The molecular formula is C33H45NO5. The standard InChI is InChI=1S/C33H45NO5/c1-28(2)10-12-33(27(37)38)13-11-32(6)25(21(33)18-28)22(35)16-24-30(4)17-20(19-34)26(36)29(3,14-15-39-7)23(30)8-9-31(24,32)5/h16-17,21,23,25H,8-15,18H2,1-7H3,(H,37,38)/t21-,23-,25-,29-,30-,31+,32+,33-/m0/s1. The maximum atomic E-state index is 14.4. The molecule has 0 aromatic heterocycles. The summed E-state index contributed by atoms with van der Waals surface area (Å²) in [5.74, 6) is -1.41. The molecule has 5 aliphatic rings. The normalized spacial score (nSPS) is 46.5. The van der Waals surface area contributed by atoms with E-state index in [-0.39, 0.29) is 45.7 Å². The molecule has 0 aromatic rings. The van der Waals surface area contributed by atoms with E-state index >= 15 is 0 Å². The third-order valence-corrected chi connectivity index (χ3v) is 12.9. The average Bonchev–Trinajstić information content (AvgIpc) is 2.86. The Morgan fingerprint density at radius 1 is 1.08 bits per heavy atom. The first-order valence-corrected chi connectivity index (χ1v) is 14.7. The van der Waals surface area contributed by atoms with Gasteiger partial charge in [0.25, 0.3) is 0 Å². The van der Waals surface area contributed by atoms with Crippen LogP contribution in [0, 0.1) is 61.6 Å². The number of carbonyl (C=O) groups is 3. The van der Waals surface area contributed by atoms with Crippen LogP contribution in [0.2, 0.25) is 0 Å². The van der Waals surface area contributed by atoms with Crippen molar-refractivity contribution in [2.75, 3.05) is 13.7 Å². The Bertz CT molecular complexity index is 1240. The zero-order valence-corrected chi connectivity index (χ0v) is 24.8. The third kappa shape index (κ3) is 3.51. The van der Waals surface area contributed by atoms with Gasteiger partial charge in [-0.25, -0.2) is 0 Å². The molecule has 39 heavy (non-hydrogen) atoms. The molecule has 0 unspecified atom stereocenters. The zero-order valence-electron chi connectivity index (χ0n) is 24.8. The van der Waals surface area contributed by atoms with Gasteiger partial charge >= 0.3 is 5.97 Å². The number of aliphatic carboxylic acids is 1. The van der Waals surface area contributed by atoms with Gasteiger partial charge in [0.15, 0.2) is 11.6 Å². The largest absolute Gasteiger partial charge is 0.481 e. The molecule has 8 atom stereocenters. The van der Waals surface area contributed by atoms with E-state index in [1.54, 1.807) is 7.11 Å². The highest BCUT2D eigenvalue weighted by Gasteiger charge is 2.71. The number of allylic oxidation sites excluding steroid dienone is 4. The number of carboxylic acids is 1. The number of nitrogens with zero attached hydrogens (tertiary/aromatic N) is 1. The van der Waals surface area contributed by atoms with Crippen LogP contribution in [0.3, 0.4) is 0 Å². The number of fused-ring (bicyclic) bond motifs is 7. The number of rotatable bonds is 4. The molecule has 3 saturated carbocycles. The van der Waals surface area contributed by atoms with Crippen molar-refractivity contribution in [1.29, 1.82) is 5.26 Å². The number of ketones is 2. The van der Waals surface area contributed by atoms with E-state index in [1.165, 1.54) is 0 Å². The lowest BCUT2D eigenvalue weighted by atomic mass is 9.34. The molecule has 0 saturated heterocycles. The summed E-state index contributed by atoms with van der Waals surface area (Å²) >= 11 is 0. The Hall–Kier alpha value is -2.26. The Morgan fingerprint density at radius 3 is 2.36 bits per heavy atom. The predicted octanol–water partition coefficient (Wildman–Crippen LogP) is 6.31. The molecule has 0 heterocycles. The second kappa shape index (κ2) is 8.62. The van der Waals surface area contributed by atoms with Crippen LogP contribution < -0.4 is 0 Å². The van der Waals surface area contributed by atoms with Crippen molar-refractivity contribution in [3.63, 3.8) is 0 Å². The highest BCUT2D eigenvalue weighted by atomic mass is 16.5. The monoisotopic (exact) mass is 535 g/mol. The fourth-order valence-electron chi connectivity index (χ4n) is 10.4. The second-order valence-corrected chi connectivity index (χ2v) is 15.2. The summed E-state index contributed by atoms with van der Waals surface area (Å²) in [6, 6.07) is 2.19. The highest BCUT2D eigenvalue weighted by Crippen LogP contribution is 2.74. The van der Waals surface area contributed by atoms with E-state index < -0.39 is 27.6 Å². The van der Waals surface area contributed by atoms with Crippen molar-refractivity contribution < 1.29 is 24.2 Å². The van der Waals surface area contributed by atoms with Crippen LogP contribution in [0.1, 0.15) is 92.9 Å². The molecule has 212 valence electrons. The molecule has 0 aliphatic heterocycles. The number of carboxylic acid groups (broad SMARTS) is 1. The maximum absolute atomic E-state index is 14.4. The summed E-state index contributed by atoms with van der Waals surface area (Å²) in [7, 11) is 1.63. The van der Waals surface area contributed by atoms with E-state index in [2.05, 4.69) is 40.7 Å². The Labute approximate surface area is 233 Å². The third-order valence-electron chi connectivity index (χ3n) is 12.9. The molecule has 3 fully saturated rings. The lowest BCUT2D eigenvalue weighted by Gasteiger charge is -2.68.